The molecule has 11 heavy (non-hydrogen) atoms. The molecule has 0 unspecified atom stereocenters. The second kappa shape index (κ2) is 9.40. The molecule has 0 spiro atoms. The minimum Gasteiger partial charge on any atom is -0.364 e. The molecule has 3 nitrogen and oxygen atoms in total. The molecular weight excluding hydrogens is 142 g/mol. The van der Waals surface area contributed by atoms with E-state index in [1.165, 1.54) is 25.7 Å². The van der Waals surface area contributed by atoms with Gasteiger partial charge in [0.15, 0.2) is 5.34 Å². The van der Waals surface area contributed by atoms with E-state index < -0.39 is 0 Å². The van der Waals surface area contributed by atoms with Gasteiger partial charge in [0, 0.05) is 0 Å². The Morgan fingerprint density at radius 3 is 2.36 bits per heavy atom. The van der Waals surface area contributed by atoms with Crippen molar-refractivity contribution in [1.29, 1.82) is 0 Å². The quantitative estimate of drug-likeness (QED) is 0.310. The molecular formula is C8H17NO2. The summed E-state index contributed by atoms with van der Waals surface area (Å²) in [6.45, 7) is 2.68. The third-order valence-corrected chi connectivity index (χ3v) is 1.64. The van der Waals surface area contributed by atoms with Crippen LogP contribution in [0.25, 0.3) is 0 Å². The fraction of sp³-hybridized carbons (Fsp3) is 1.00. The van der Waals surface area contributed by atoms with Gasteiger partial charge in [-0.3, -0.25) is 0 Å². The van der Waals surface area contributed by atoms with E-state index in [2.05, 4.69) is 17.1 Å². The summed E-state index contributed by atoms with van der Waals surface area (Å²) >= 11 is 0. The molecule has 0 bridgehead atoms. The SMILES string of the molecule is CCCCCCCCON=O. The van der Waals surface area contributed by atoms with Gasteiger partial charge in [0.2, 0.25) is 0 Å². The zero-order chi connectivity index (χ0) is 8.36. The zero-order valence-electron chi connectivity index (χ0n) is 7.21. The highest BCUT2D eigenvalue weighted by Gasteiger charge is 1.89. The number of hydrogen-bond acceptors (Lipinski definition) is 3. The maximum Gasteiger partial charge on any atom is 0.155 e. The van der Waals surface area contributed by atoms with Gasteiger partial charge in [0.05, 0.1) is 0 Å². The molecule has 0 fully saturated rings. The predicted octanol–water partition coefficient (Wildman–Crippen LogP) is 3.04. The molecule has 0 atom stereocenters. The molecule has 0 N–H and O–H groups in total. The van der Waals surface area contributed by atoms with Crippen LogP contribution in [0.2, 0.25) is 0 Å². The van der Waals surface area contributed by atoms with E-state index in [1.54, 1.807) is 0 Å². The summed E-state index contributed by atoms with van der Waals surface area (Å²) < 4.78 is 0. The Morgan fingerprint density at radius 2 is 1.73 bits per heavy atom. The van der Waals surface area contributed by atoms with Crippen LogP contribution in [0.3, 0.4) is 0 Å². The first-order valence-corrected chi connectivity index (χ1v) is 4.36. The van der Waals surface area contributed by atoms with E-state index in [-0.39, 0.29) is 0 Å². The fourth-order valence-electron chi connectivity index (χ4n) is 0.984. The lowest BCUT2D eigenvalue weighted by Gasteiger charge is -1.97. The number of hydrogen-bond donors (Lipinski definition) is 0. The molecule has 0 aromatic heterocycles. The van der Waals surface area contributed by atoms with Crippen molar-refractivity contribution in [3.63, 3.8) is 0 Å². The monoisotopic (exact) mass is 159 g/mol. The fourth-order valence-corrected chi connectivity index (χ4v) is 0.984. The minimum absolute atomic E-state index is 0.482. The molecule has 0 aliphatic carbocycles. The standard InChI is InChI=1S/C8H17NO2/c1-2-3-4-5-6-7-8-11-9-10/h2-8H2,1H3. The van der Waals surface area contributed by atoms with E-state index in [4.69, 9.17) is 0 Å². The van der Waals surface area contributed by atoms with Gasteiger partial charge < -0.3 is 4.84 Å². The molecule has 0 saturated heterocycles. The number of unbranched alkanes of at least 4 members (excludes halogenated alkanes) is 5. The van der Waals surface area contributed by atoms with Crippen LogP contribution < -0.4 is 0 Å². The summed E-state index contributed by atoms with van der Waals surface area (Å²) in [5.74, 6) is 0. The Labute approximate surface area is 68.1 Å². The first-order valence-electron chi connectivity index (χ1n) is 4.36. The highest BCUT2D eigenvalue weighted by molar-refractivity contribution is 4.42. The smallest absolute Gasteiger partial charge is 0.155 e. The van der Waals surface area contributed by atoms with E-state index in [0.717, 1.165) is 12.8 Å². The third kappa shape index (κ3) is 9.40. The van der Waals surface area contributed by atoms with Gasteiger partial charge in [0.25, 0.3) is 0 Å². The van der Waals surface area contributed by atoms with Crippen molar-refractivity contribution in [2.75, 3.05) is 6.61 Å². The first kappa shape index (κ1) is 10.4. The molecule has 0 radical (unpaired) electrons. The van der Waals surface area contributed by atoms with E-state index in [1.807, 2.05) is 0 Å². The topological polar surface area (TPSA) is 38.7 Å². The van der Waals surface area contributed by atoms with Crippen LogP contribution in [-0.4, -0.2) is 6.61 Å². The lowest BCUT2D eigenvalue weighted by Crippen LogP contribution is -1.86. The molecule has 0 amide bonds. The van der Waals surface area contributed by atoms with Gasteiger partial charge in [-0.1, -0.05) is 32.6 Å². The molecule has 0 aromatic carbocycles. The van der Waals surface area contributed by atoms with Crippen LogP contribution in [0.4, 0.5) is 0 Å². The average molecular weight is 159 g/mol. The maximum atomic E-state index is 9.47. The summed E-state index contributed by atoms with van der Waals surface area (Å²) in [7, 11) is 0. The molecule has 3 heteroatoms. The van der Waals surface area contributed by atoms with Crippen molar-refractivity contribution < 1.29 is 4.84 Å². The van der Waals surface area contributed by atoms with Crippen molar-refractivity contribution in [3.05, 3.63) is 4.91 Å². The summed E-state index contributed by atoms with van der Waals surface area (Å²) in [5, 5.41) is 2.32. The van der Waals surface area contributed by atoms with Gasteiger partial charge >= 0.3 is 0 Å². The highest BCUT2D eigenvalue weighted by atomic mass is 16.7. The third-order valence-electron chi connectivity index (χ3n) is 1.64. The van der Waals surface area contributed by atoms with E-state index >= 15 is 0 Å². The second-order valence-electron chi connectivity index (χ2n) is 2.68. The van der Waals surface area contributed by atoms with Crippen molar-refractivity contribution in [2.45, 2.75) is 45.4 Å². The normalized spacial score (nSPS) is 9.55. The largest absolute Gasteiger partial charge is 0.364 e. The van der Waals surface area contributed by atoms with Crippen molar-refractivity contribution in [2.24, 2.45) is 5.34 Å². The molecule has 66 valence electrons. The average Bonchev–Trinajstić information content (AvgIpc) is 2.03. The summed E-state index contributed by atoms with van der Waals surface area (Å²) in [5.41, 5.74) is 0. The maximum absolute atomic E-state index is 9.47. The Balaban J connectivity index is 2.74. The Bertz CT molecular complexity index is 86.2. The molecule has 0 heterocycles. The van der Waals surface area contributed by atoms with Crippen LogP contribution in [-0.2, 0) is 4.84 Å². The van der Waals surface area contributed by atoms with E-state index in [9.17, 15) is 4.91 Å². The Kier molecular flexibility index (Phi) is 8.89. The van der Waals surface area contributed by atoms with Crippen LogP contribution in [0.1, 0.15) is 45.4 Å². The van der Waals surface area contributed by atoms with Gasteiger partial charge in [0.1, 0.15) is 6.61 Å². The van der Waals surface area contributed by atoms with Gasteiger partial charge in [-0.2, -0.15) is 0 Å². The zero-order valence-corrected chi connectivity index (χ0v) is 7.21. The van der Waals surface area contributed by atoms with Crippen LogP contribution >= 0.6 is 0 Å². The highest BCUT2D eigenvalue weighted by Crippen LogP contribution is 2.04. The van der Waals surface area contributed by atoms with Gasteiger partial charge in [-0.15, -0.1) is 4.91 Å². The number of rotatable bonds is 8. The lowest BCUT2D eigenvalue weighted by atomic mass is 10.1. The van der Waals surface area contributed by atoms with E-state index in [0.29, 0.717) is 6.61 Å². The van der Waals surface area contributed by atoms with Gasteiger partial charge in [-0.05, 0) is 12.8 Å². The number of nitrogens with zero attached hydrogens (tertiary/aromatic N) is 1. The minimum atomic E-state index is 0.482. The lowest BCUT2D eigenvalue weighted by molar-refractivity contribution is 0.135. The van der Waals surface area contributed by atoms with Crippen molar-refractivity contribution in [3.8, 4) is 0 Å². The summed E-state index contributed by atoms with van der Waals surface area (Å²) in [6.07, 6.45) is 7.23. The summed E-state index contributed by atoms with van der Waals surface area (Å²) in [6, 6.07) is 0. The summed E-state index contributed by atoms with van der Waals surface area (Å²) in [4.78, 5) is 13.8. The van der Waals surface area contributed by atoms with Crippen LogP contribution in [0.5, 0.6) is 0 Å². The first-order chi connectivity index (χ1) is 5.41. The molecule has 0 aliphatic heterocycles. The van der Waals surface area contributed by atoms with Crippen LogP contribution in [0, 0.1) is 4.91 Å². The van der Waals surface area contributed by atoms with Crippen LogP contribution in [0.15, 0.2) is 5.34 Å². The Hall–Kier alpha value is -0.600. The Morgan fingerprint density at radius 1 is 1.09 bits per heavy atom. The van der Waals surface area contributed by atoms with Crippen molar-refractivity contribution >= 4 is 0 Å². The predicted molar refractivity (Wildman–Crippen MR) is 45.1 cm³/mol. The molecule has 0 saturated carbocycles. The molecule has 0 rings (SSSR count). The van der Waals surface area contributed by atoms with Gasteiger partial charge in [-0.25, -0.2) is 0 Å². The van der Waals surface area contributed by atoms with Crippen molar-refractivity contribution in [1.82, 2.24) is 0 Å². The molecule has 0 aliphatic rings. The molecule has 0 aromatic rings. The second-order valence-corrected chi connectivity index (χ2v) is 2.68.